The molecule has 0 amide bonds. The van der Waals surface area contributed by atoms with E-state index in [-0.39, 0.29) is 6.61 Å². The van der Waals surface area contributed by atoms with Gasteiger partial charge in [0, 0.05) is 6.42 Å². The Bertz CT molecular complexity index is 528. The third-order valence-electron chi connectivity index (χ3n) is 2.46. The first-order chi connectivity index (χ1) is 8.72. The molecule has 0 aliphatic carbocycles. The van der Waals surface area contributed by atoms with Crippen LogP contribution < -0.4 is 5.32 Å². The van der Waals surface area contributed by atoms with Crippen molar-refractivity contribution in [1.82, 2.24) is 10.1 Å². The molecule has 0 bridgehead atoms. The van der Waals surface area contributed by atoms with Crippen LogP contribution in [0.4, 0.5) is 5.69 Å². The second kappa shape index (κ2) is 5.84. The lowest BCUT2D eigenvalue weighted by Crippen LogP contribution is -2.02. The van der Waals surface area contributed by atoms with Crippen LogP contribution in [0.3, 0.4) is 0 Å². The third kappa shape index (κ3) is 3.00. The average molecular weight is 268 g/mol. The minimum Gasteiger partial charge on any atom is -0.392 e. The van der Waals surface area contributed by atoms with Crippen LogP contribution in [0.15, 0.2) is 22.7 Å². The van der Waals surface area contributed by atoms with Gasteiger partial charge >= 0.3 is 0 Å². The van der Waals surface area contributed by atoms with Crippen molar-refractivity contribution in [2.45, 2.75) is 26.5 Å². The summed E-state index contributed by atoms with van der Waals surface area (Å²) in [5.74, 6) is 1.19. The highest BCUT2D eigenvalue weighted by Gasteiger charge is 2.06. The Hall–Kier alpha value is -1.59. The number of halogens is 1. The lowest BCUT2D eigenvalue weighted by Gasteiger charge is -2.07. The summed E-state index contributed by atoms with van der Waals surface area (Å²) in [5, 5.41) is 16.6. The summed E-state index contributed by atoms with van der Waals surface area (Å²) < 4.78 is 5.00. The zero-order valence-corrected chi connectivity index (χ0v) is 10.7. The number of rotatable bonds is 5. The van der Waals surface area contributed by atoms with Crippen LogP contribution >= 0.6 is 11.6 Å². The van der Waals surface area contributed by atoms with E-state index in [4.69, 9.17) is 21.2 Å². The van der Waals surface area contributed by atoms with Crippen LogP contribution in [0.5, 0.6) is 0 Å². The molecule has 0 atom stereocenters. The third-order valence-corrected chi connectivity index (χ3v) is 2.79. The molecule has 0 saturated heterocycles. The van der Waals surface area contributed by atoms with Crippen LogP contribution in [0.25, 0.3) is 0 Å². The molecule has 0 aliphatic rings. The molecule has 1 aromatic carbocycles. The van der Waals surface area contributed by atoms with Crippen LogP contribution in [-0.4, -0.2) is 15.2 Å². The topological polar surface area (TPSA) is 71.2 Å². The van der Waals surface area contributed by atoms with E-state index >= 15 is 0 Å². The predicted molar refractivity (Wildman–Crippen MR) is 68.4 cm³/mol. The molecule has 2 N–H and O–H groups in total. The lowest BCUT2D eigenvalue weighted by molar-refractivity contribution is 0.282. The molecular formula is C12H14ClN3O2. The number of nitrogens with zero attached hydrogens (tertiary/aromatic N) is 2. The van der Waals surface area contributed by atoms with Gasteiger partial charge in [-0.2, -0.15) is 4.98 Å². The molecule has 5 nitrogen and oxygen atoms in total. The van der Waals surface area contributed by atoms with Crippen molar-refractivity contribution < 1.29 is 9.63 Å². The van der Waals surface area contributed by atoms with Crippen molar-refractivity contribution >= 4 is 17.3 Å². The Labute approximate surface area is 110 Å². The van der Waals surface area contributed by atoms with Crippen molar-refractivity contribution in [3.8, 4) is 0 Å². The summed E-state index contributed by atoms with van der Waals surface area (Å²) in [5.41, 5.74) is 1.54. The molecule has 96 valence electrons. The first-order valence-electron chi connectivity index (χ1n) is 5.67. The van der Waals surface area contributed by atoms with Gasteiger partial charge in [0.05, 0.1) is 23.9 Å². The van der Waals surface area contributed by atoms with Crippen molar-refractivity contribution in [3.05, 3.63) is 40.5 Å². The van der Waals surface area contributed by atoms with Gasteiger partial charge in [-0.1, -0.05) is 29.7 Å². The van der Waals surface area contributed by atoms with Crippen molar-refractivity contribution in [3.63, 3.8) is 0 Å². The highest BCUT2D eigenvalue weighted by atomic mass is 35.5. The van der Waals surface area contributed by atoms with Crippen molar-refractivity contribution in [2.24, 2.45) is 0 Å². The summed E-state index contributed by atoms with van der Waals surface area (Å²) in [7, 11) is 0. The fourth-order valence-electron chi connectivity index (χ4n) is 1.49. The minimum atomic E-state index is -0.0198. The number of hydrogen-bond donors (Lipinski definition) is 2. The van der Waals surface area contributed by atoms with Gasteiger partial charge in [0.2, 0.25) is 5.89 Å². The van der Waals surface area contributed by atoms with Crippen molar-refractivity contribution in [2.75, 3.05) is 5.32 Å². The van der Waals surface area contributed by atoms with E-state index < -0.39 is 0 Å². The van der Waals surface area contributed by atoms with E-state index in [9.17, 15) is 0 Å². The van der Waals surface area contributed by atoms with E-state index in [2.05, 4.69) is 15.5 Å². The predicted octanol–water partition coefficient (Wildman–Crippen LogP) is 2.39. The van der Waals surface area contributed by atoms with Crippen LogP contribution in [0.1, 0.15) is 24.2 Å². The Morgan fingerprint density at radius 3 is 2.94 bits per heavy atom. The monoisotopic (exact) mass is 267 g/mol. The fraction of sp³-hybridized carbons (Fsp3) is 0.333. The molecule has 2 aromatic rings. The van der Waals surface area contributed by atoms with Gasteiger partial charge in [0.15, 0.2) is 5.82 Å². The van der Waals surface area contributed by atoms with Gasteiger partial charge in [0.1, 0.15) is 0 Å². The highest BCUT2D eigenvalue weighted by molar-refractivity contribution is 6.33. The van der Waals surface area contributed by atoms with Crippen LogP contribution in [0.2, 0.25) is 5.02 Å². The molecule has 6 heteroatoms. The molecule has 0 spiro atoms. The van der Waals surface area contributed by atoms with E-state index in [1.807, 2.05) is 6.92 Å². The number of benzene rings is 1. The Morgan fingerprint density at radius 2 is 2.28 bits per heavy atom. The zero-order chi connectivity index (χ0) is 13.0. The summed E-state index contributed by atoms with van der Waals surface area (Å²) >= 11 is 6.04. The molecule has 0 radical (unpaired) electrons. The first kappa shape index (κ1) is 12.9. The molecule has 0 saturated carbocycles. The number of aliphatic hydroxyl groups excluding tert-OH is 1. The first-order valence-corrected chi connectivity index (χ1v) is 6.05. The SMILES string of the molecule is CCc1nc(CNc2cc(CO)ccc2Cl)no1. The lowest BCUT2D eigenvalue weighted by atomic mass is 10.2. The quantitative estimate of drug-likeness (QED) is 0.870. The van der Waals surface area contributed by atoms with Crippen molar-refractivity contribution in [1.29, 1.82) is 0 Å². The molecule has 0 fully saturated rings. The largest absolute Gasteiger partial charge is 0.392 e. The Morgan fingerprint density at radius 1 is 1.44 bits per heavy atom. The van der Waals surface area contributed by atoms with E-state index in [0.29, 0.717) is 29.7 Å². The molecule has 18 heavy (non-hydrogen) atoms. The van der Waals surface area contributed by atoms with Gasteiger partial charge in [-0.05, 0) is 17.7 Å². The highest BCUT2D eigenvalue weighted by Crippen LogP contribution is 2.23. The van der Waals surface area contributed by atoms with Crippen LogP contribution in [-0.2, 0) is 19.6 Å². The molecule has 1 heterocycles. The maximum absolute atomic E-state index is 9.06. The average Bonchev–Trinajstić information content (AvgIpc) is 2.86. The van der Waals surface area contributed by atoms with Gasteiger partial charge < -0.3 is 14.9 Å². The maximum Gasteiger partial charge on any atom is 0.226 e. The van der Waals surface area contributed by atoms with E-state index in [0.717, 1.165) is 11.3 Å². The second-order valence-electron chi connectivity index (χ2n) is 3.78. The summed E-state index contributed by atoms with van der Waals surface area (Å²) in [4.78, 5) is 4.18. The molecule has 0 aliphatic heterocycles. The summed E-state index contributed by atoms with van der Waals surface area (Å²) in [6, 6.07) is 5.31. The molecular weight excluding hydrogens is 254 g/mol. The number of aryl methyl sites for hydroxylation is 1. The van der Waals surface area contributed by atoms with Gasteiger partial charge in [-0.3, -0.25) is 0 Å². The van der Waals surface area contributed by atoms with Gasteiger partial charge in [-0.15, -0.1) is 0 Å². The van der Waals surface area contributed by atoms with E-state index in [1.54, 1.807) is 18.2 Å². The fourth-order valence-corrected chi connectivity index (χ4v) is 1.67. The standard InChI is InChI=1S/C12H14ClN3O2/c1-2-12-15-11(16-18-12)6-14-10-5-8(7-17)3-4-9(10)13/h3-5,14,17H,2,6-7H2,1H3. The number of aliphatic hydroxyl groups is 1. The smallest absolute Gasteiger partial charge is 0.226 e. The maximum atomic E-state index is 9.06. The normalized spacial score (nSPS) is 10.6. The summed E-state index contributed by atoms with van der Waals surface area (Å²) in [6.07, 6.45) is 0.716. The Kier molecular flexibility index (Phi) is 4.17. The number of anilines is 1. The van der Waals surface area contributed by atoms with Gasteiger partial charge in [0.25, 0.3) is 0 Å². The zero-order valence-electron chi connectivity index (χ0n) is 9.98. The molecule has 1 aromatic heterocycles. The van der Waals surface area contributed by atoms with Crippen LogP contribution in [0, 0.1) is 0 Å². The summed E-state index contributed by atoms with van der Waals surface area (Å²) in [6.45, 7) is 2.36. The Balaban J connectivity index is 2.05. The molecule has 0 unspecified atom stereocenters. The second-order valence-corrected chi connectivity index (χ2v) is 4.19. The molecule has 2 rings (SSSR count). The van der Waals surface area contributed by atoms with Gasteiger partial charge in [-0.25, -0.2) is 0 Å². The van der Waals surface area contributed by atoms with E-state index in [1.165, 1.54) is 0 Å². The minimum absolute atomic E-state index is 0.0198. The number of hydrogen-bond acceptors (Lipinski definition) is 5. The number of nitrogens with one attached hydrogen (secondary N) is 1. The number of aromatic nitrogens is 2.